The topological polar surface area (TPSA) is 104 Å². The van der Waals surface area contributed by atoms with Gasteiger partial charge in [-0.2, -0.15) is 0 Å². The highest BCUT2D eigenvalue weighted by molar-refractivity contribution is 6.31. The first-order valence-electron chi connectivity index (χ1n) is 5.50. The Morgan fingerprint density at radius 2 is 1.95 bits per heavy atom. The number of carbonyl (C=O) groups excluding carboxylic acids is 2. The molecule has 2 rings (SSSR count). The molecule has 8 heteroatoms. The van der Waals surface area contributed by atoms with E-state index in [1.165, 1.54) is 24.3 Å². The Bertz CT molecular complexity index is 668. The Labute approximate surface area is 118 Å². The Morgan fingerprint density at radius 1 is 1.25 bits per heavy atom. The van der Waals surface area contributed by atoms with Crippen LogP contribution in [0.1, 0.15) is 26.6 Å². The van der Waals surface area contributed by atoms with Crippen LogP contribution in [0.4, 0.5) is 0 Å². The molecule has 7 nitrogen and oxygen atoms in total. The lowest BCUT2D eigenvalue weighted by molar-refractivity contribution is 0.0824. The van der Waals surface area contributed by atoms with E-state index in [-0.39, 0.29) is 22.1 Å². The zero-order valence-corrected chi connectivity index (χ0v) is 11.1. The standard InChI is InChI=1S/C12H10ClN3O4/c1-6-4-10(20-16-6)12(19)15-14-11(18)8-5-7(13)2-3-9(8)17/h2-5,17H,1H3,(H,14,18)(H,15,19). The number of benzene rings is 1. The third-order valence-corrected chi connectivity index (χ3v) is 2.58. The second kappa shape index (κ2) is 5.62. The number of nitrogens with zero attached hydrogens (tertiary/aromatic N) is 1. The highest BCUT2D eigenvalue weighted by Gasteiger charge is 2.15. The smallest absolute Gasteiger partial charge is 0.308 e. The van der Waals surface area contributed by atoms with Crippen LogP contribution in [0.25, 0.3) is 0 Å². The largest absolute Gasteiger partial charge is 0.507 e. The van der Waals surface area contributed by atoms with Gasteiger partial charge in [0.05, 0.1) is 11.3 Å². The predicted octanol–water partition coefficient (Wildman–Crippen LogP) is 1.42. The van der Waals surface area contributed by atoms with Gasteiger partial charge in [-0.05, 0) is 25.1 Å². The first-order valence-corrected chi connectivity index (χ1v) is 5.87. The Hall–Kier alpha value is -2.54. The van der Waals surface area contributed by atoms with Crippen molar-refractivity contribution in [2.75, 3.05) is 0 Å². The van der Waals surface area contributed by atoms with Crippen molar-refractivity contribution in [1.29, 1.82) is 0 Å². The molecular formula is C12H10ClN3O4. The normalized spacial score (nSPS) is 10.1. The summed E-state index contributed by atoms with van der Waals surface area (Å²) >= 11 is 5.72. The van der Waals surface area contributed by atoms with Gasteiger partial charge in [0.25, 0.3) is 5.91 Å². The maximum absolute atomic E-state index is 11.8. The molecule has 0 bridgehead atoms. The van der Waals surface area contributed by atoms with Crippen LogP contribution >= 0.6 is 11.6 Å². The fraction of sp³-hybridized carbons (Fsp3) is 0.0833. The van der Waals surface area contributed by atoms with Gasteiger partial charge in [-0.15, -0.1) is 0 Å². The Morgan fingerprint density at radius 3 is 2.60 bits per heavy atom. The molecule has 0 fully saturated rings. The number of amides is 2. The SMILES string of the molecule is Cc1cc(C(=O)NNC(=O)c2cc(Cl)ccc2O)on1. The van der Waals surface area contributed by atoms with Crippen LogP contribution in [0.15, 0.2) is 28.8 Å². The summed E-state index contributed by atoms with van der Waals surface area (Å²) in [7, 11) is 0. The molecule has 20 heavy (non-hydrogen) atoms. The minimum absolute atomic E-state index is 0.0434. The number of hydrogen-bond acceptors (Lipinski definition) is 5. The van der Waals surface area contributed by atoms with Crippen LogP contribution in [0, 0.1) is 6.92 Å². The molecule has 1 aromatic heterocycles. The number of aryl methyl sites for hydroxylation is 1. The molecule has 0 unspecified atom stereocenters. The zero-order chi connectivity index (χ0) is 14.7. The van der Waals surface area contributed by atoms with Crippen molar-refractivity contribution >= 4 is 23.4 Å². The number of nitrogens with one attached hydrogen (secondary N) is 2. The third kappa shape index (κ3) is 3.07. The molecule has 1 aromatic carbocycles. The molecule has 0 aliphatic heterocycles. The lowest BCUT2D eigenvalue weighted by Gasteiger charge is -2.07. The number of carbonyl (C=O) groups is 2. The van der Waals surface area contributed by atoms with Crippen LogP contribution in [-0.2, 0) is 0 Å². The van der Waals surface area contributed by atoms with Gasteiger partial charge in [0, 0.05) is 11.1 Å². The van der Waals surface area contributed by atoms with Crippen molar-refractivity contribution in [2.45, 2.75) is 6.92 Å². The average Bonchev–Trinajstić information content (AvgIpc) is 2.85. The van der Waals surface area contributed by atoms with Crippen molar-refractivity contribution in [3.63, 3.8) is 0 Å². The van der Waals surface area contributed by atoms with Crippen molar-refractivity contribution < 1.29 is 19.2 Å². The monoisotopic (exact) mass is 295 g/mol. The van der Waals surface area contributed by atoms with E-state index in [9.17, 15) is 14.7 Å². The van der Waals surface area contributed by atoms with Crippen molar-refractivity contribution in [3.8, 4) is 5.75 Å². The second-order valence-corrected chi connectivity index (χ2v) is 4.34. The van der Waals surface area contributed by atoms with Gasteiger partial charge in [0.15, 0.2) is 0 Å². The average molecular weight is 296 g/mol. The van der Waals surface area contributed by atoms with Gasteiger partial charge in [-0.1, -0.05) is 16.8 Å². The summed E-state index contributed by atoms with van der Waals surface area (Å²) in [5, 5.41) is 13.4. The van der Waals surface area contributed by atoms with Crippen LogP contribution in [0.2, 0.25) is 5.02 Å². The fourth-order valence-electron chi connectivity index (χ4n) is 1.40. The number of phenols is 1. The number of hydrazine groups is 1. The summed E-state index contributed by atoms with van der Waals surface area (Å²) in [4.78, 5) is 23.4. The molecule has 0 saturated heterocycles. The molecule has 0 aliphatic rings. The highest BCUT2D eigenvalue weighted by Crippen LogP contribution is 2.20. The van der Waals surface area contributed by atoms with Crippen molar-refractivity contribution in [1.82, 2.24) is 16.0 Å². The lowest BCUT2D eigenvalue weighted by Crippen LogP contribution is -2.41. The maximum Gasteiger partial charge on any atom is 0.308 e. The maximum atomic E-state index is 11.8. The quantitative estimate of drug-likeness (QED) is 0.727. The molecule has 2 aromatic rings. The van der Waals surface area contributed by atoms with Gasteiger partial charge in [0.2, 0.25) is 5.76 Å². The first kappa shape index (κ1) is 13.9. The van der Waals surface area contributed by atoms with E-state index in [1.807, 2.05) is 0 Å². The Balaban J connectivity index is 2.02. The van der Waals surface area contributed by atoms with Gasteiger partial charge >= 0.3 is 5.91 Å². The number of hydrogen-bond donors (Lipinski definition) is 3. The number of rotatable bonds is 2. The summed E-state index contributed by atoms with van der Waals surface area (Å²) in [6, 6.07) is 5.40. The molecular weight excluding hydrogens is 286 g/mol. The first-order chi connectivity index (χ1) is 9.47. The highest BCUT2D eigenvalue weighted by atomic mass is 35.5. The number of aromatic nitrogens is 1. The van der Waals surface area contributed by atoms with Crippen LogP contribution < -0.4 is 10.9 Å². The van der Waals surface area contributed by atoms with Crippen molar-refractivity contribution in [3.05, 3.63) is 46.3 Å². The van der Waals surface area contributed by atoms with E-state index >= 15 is 0 Å². The minimum atomic E-state index is -0.713. The lowest BCUT2D eigenvalue weighted by atomic mass is 10.2. The molecule has 0 atom stereocenters. The molecule has 0 saturated carbocycles. The van der Waals surface area contributed by atoms with E-state index < -0.39 is 11.8 Å². The van der Waals surface area contributed by atoms with Gasteiger partial charge < -0.3 is 9.63 Å². The summed E-state index contributed by atoms with van der Waals surface area (Å²) in [5.41, 5.74) is 4.73. The van der Waals surface area contributed by atoms with Crippen LogP contribution in [0.3, 0.4) is 0 Å². The van der Waals surface area contributed by atoms with E-state index in [4.69, 9.17) is 16.1 Å². The van der Waals surface area contributed by atoms with Crippen LogP contribution in [0.5, 0.6) is 5.75 Å². The number of phenolic OH excluding ortho intramolecular Hbond substituents is 1. The van der Waals surface area contributed by atoms with Crippen LogP contribution in [-0.4, -0.2) is 22.1 Å². The molecule has 104 valence electrons. The zero-order valence-electron chi connectivity index (χ0n) is 10.3. The molecule has 0 radical (unpaired) electrons. The van der Waals surface area contributed by atoms with Gasteiger partial charge in [-0.3, -0.25) is 20.4 Å². The van der Waals surface area contributed by atoms with Gasteiger partial charge in [-0.25, -0.2) is 0 Å². The third-order valence-electron chi connectivity index (χ3n) is 2.34. The number of halogens is 1. The summed E-state index contributed by atoms with van der Waals surface area (Å²) < 4.78 is 4.72. The van der Waals surface area contributed by atoms with E-state index in [2.05, 4.69) is 16.0 Å². The van der Waals surface area contributed by atoms with E-state index in [0.29, 0.717) is 5.69 Å². The van der Waals surface area contributed by atoms with E-state index in [1.54, 1.807) is 6.92 Å². The predicted molar refractivity (Wildman–Crippen MR) is 69.3 cm³/mol. The number of aromatic hydroxyl groups is 1. The summed E-state index contributed by atoms with van der Waals surface area (Å²) in [5.74, 6) is -1.68. The fourth-order valence-corrected chi connectivity index (χ4v) is 1.58. The van der Waals surface area contributed by atoms with Gasteiger partial charge in [0.1, 0.15) is 5.75 Å². The summed E-state index contributed by atoms with van der Waals surface area (Å²) in [6.45, 7) is 1.66. The molecule has 3 N–H and O–H groups in total. The molecule has 0 aliphatic carbocycles. The second-order valence-electron chi connectivity index (χ2n) is 3.90. The van der Waals surface area contributed by atoms with E-state index in [0.717, 1.165) is 0 Å². The molecule has 1 heterocycles. The molecule has 0 spiro atoms. The summed E-state index contributed by atoms with van der Waals surface area (Å²) in [6.07, 6.45) is 0. The Kier molecular flexibility index (Phi) is 3.90. The van der Waals surface area contributed by atoms with Crippen molar-refractivity contribution in [2.24, 2.45) is 0 Å². The minimum Gasteiger partial charge on any atom is -0.507 e. The molecule has 2 amide bonds.